The lowest BCUT2D eigenvalue weighted by atomic mass is 10.0. The number of hydrogen-bond donors (Lipinski definition) is 3. The van der Waals surface area contributed by atoms with Gasteiger partial charge in [0.25, 0.3) is 0 Å². The number of nitrogens with one attached hydrogen (secondary N) is 1. The van der Waals surface area contributed by atoms with Crippen molar-refractivity contribution in [1.82, 2.24) is 5.32 Å². The van der Waals surface area contributed by atoms with Gasteiger partial charge in [0.1, 0.15) is 0 Å². The fraction of sp³-hybridized carbons (Fsp3) is 1.00. The number of aliphatic hydroxyl groups excluding tert-OH is 1. The van der Waals surface area contributed by atoms with Gasteiger partial charge in [-0.1, -0.05) is 135 Å². The zero-order valence-electron chi connectivity index (χ0n) is 19.4. The first-order valence-corrected chi connectivity index (χ1v) is 12.8. The fourth-order valence-electron chi connectivity index (χ4n) is 4.06. The van der Waals surface area contributed by atoms with Crippen molar-refractivity contribution in [2.24, 2.45) is 0 Å². The maximum Gasteiger partial charge on any atom is 0.167 e. The third-order valence-corrected chi connectivity index (χ3v) is 6.10. The van der Waals surface area contributed by atoms with Gasteiger partial charge in [-0.3, -0.25) is 0 Å². The predicted octanol–water partition coefficient (Wildman–Crippen LogP) is 7.10. The molecule has 0 heterocycles. The van der Waals surface area contributed by atoms with E-state index < -0.39 is 6.29 Å². The molecule has 0 rings (SSSR count). The Morgan fingerprint density at radius 3 is 1.04 bits per heavy atom. The molecule has 0 aromatic heterocycles. The molecule has 0 amide bonds. The molecule has 0 fully saturated rings. The van der Waals surface area contributed by atoms with Gasteiger partial charge in [0.2, 0.25) is 0 Å². The molecule has 3 N–H and O–H groups in total. The van der Waals surface area contributed by atoms with Crippen LogP contribution in [0.15, 0.2) is 0 Å². The minimum absolute atomic E-state index is 0.171. The van der Waals surface area contributed by atoms with Crippen LogP contribution < -0.4 is 5.32 Å². The van der Waals surface area contributed by atoms with E-state index in [9.17, 15) is 0 Å². The summed E-state index contributed by atoms with van der Waals surface area (Å²) in [5.74, 6) is 0. The molecule has 0 saturated heterocycles. The quantitative estimate of drug-likeness (QED) is 0.127. The lowest BCUT2D eigenvalue weighted by Crippen LogP contribution is -2.37. The summed E-state index contributed by atoms with van der Waals surface area (Å²) in [5, 5.41) is 21.3. The van der Waals surface area contributed by atoms with Crippen LogP contribution in [0.3, 0.4) is 0 Å². The van der Waals surface area contributed by atoms with Crippen LogP contribution >= 0.6 is 0 Å². The van der Waals surface area contributed by atoms with Crippen molar-refractivity contribution in [2.75, 3.05) is 7.05 Å². The highest BCUT2D eigenvalue weighted by atomic mass is 16.5. The molecule has 0 aliphatic heterocycles. The van der Waals surface area contributed by atoms with E-state index in [0.29, 0.717) is 0 Å². The zero-order chi connectivity index (χ0) is 20.7. The normalized spacial score (nSPS) is 12.8. The Labute approximate surface area is 177 Å². The van der Waals surface area contributed by atoms with Gasteiger partial charge in [-0.25, -0.2) is 0 Å². The molecule has 0 aromatic rings. The Hall–Kier alpha value is -0.120. The smallest absolute Gasteiger partial charge is 0.167 e. The van der Waals surface area contributed by atoms with Crippen LogP contribution in [0.5, 0.6) is 0 Å². The van der Waals surface area contributed by atoms with Gasteiger partial charge in [0, 0.05) is 0 Å². The largest absolute Gasteiger partial charge is 0.367 e. The maximum absolute atomic E-state index is 9.16. The summed E-state index contributed by atoms with van der Waals surface area (Å²) in [6, 6.07) is -0.171. The second kappa shape index (κ2) is 23.2. The molecule has 28 heavy (non-hydrogen) atoms. The standard InChI is InChI=1S/C25H53NO2/c1-3-4-5-6-7-8-9-10-11-12-13-14-15-16-17-18-19-20-21-22-23-24(26-2)25(27)28/h24-28H,3-23H2,1-2H3. The molecule has 1 unspecified atom stereocenters. The molecule has 170 valence electrons. The molecule has 0 spiro atoms. The van der Waals surface area contributed by atoms with E-state index in [1.807, 2.05) is 0 Å². The SMILES string of the molecule is CCCCCCCCCCCCCCCCCCCCCCC(NC)C(O)O. The first-order valence-electron chi connectivity index (χ1n) is 12.8. The van der Waals surface area contributed by atoms with Crippen LogP contribution in [-0.2, 0) is 0 Å². The van der Waals surface area contributed by atoms with Crippen molar-refractivity contribution in [3.63, 3.8) is 0 Å². The molecule has 3 heteroatoms. The second-order valence-corrected chi connectivity index (χ2v) is 8.81. The number of hydrogen-bond acceptors (Lipinski definition) is 3. The summed E-state index contributed by atoms with van der Waals surface area (Å²) in [5.41, 5.74) is 0. The Morgan fingerprint density at radius 2 is 0.786 bits per heavy atom. The molecule has 3 nitrogen and oxygen atoms in total. The van der Waals surface area contributed by atoms with Crippen LogP contribution in [0.2, 0.25) is 0 Å². The summed E-state index contributed by atoms with van der Waals surface area (Å²) in [7, 11) is 1.79. The minimum Gasteiger partial charge on any atom is -0.367 e. The lowest BCUT2D eigenvalue weighted by molar-refractivity contribution is -0.0674. The summed E-state index contributed by atoms with van der Waals surface area (Å²) in [6.45, 7) is 2.29. The molecular weight excluding hydrogens is 346 g/mol. The van der Waals surface area contributed by atoms with Crippen molar-refractivity contribution in [1.29, 1.82) is 0 Å². The summed E-state index contributed by atoms with van der Waals surface area (Å²) >= 11 is 0. The van der Waals surface area contributed by atoms with Gasteiger partial charge < -0.3 is 15.5 Å². The average Bonchev–Trinajstić information content (AvgIpc) is 2.69. The van der Waals surface area contributed by atoms with Gasteiger partial charge in [-0.05, 0) is 13.5 Å². The number of aliphatic hydroxyl groups is 2. The Kier molecular flexibility index (Phi) is 23.1. The maximum atomic E-state index is 9.16. The van der Waals surface area contributed by atoms with Crippen LogP contribution in [0.1, 0.15) is 142 Å². The Bertz CT molecular complexity index is 284. The number of likely N-dealkylation sites (N-methyl/N-ethyl adjacent to an activating group) is 1. The lowest BCUT2D eigenvalue weighted by Gasteiger charge is -2.17. The van der Waals surface area contributed by atoms with Gasteiger partial charge >= 0.3 is 0 Å². The Morgan fingerprint density at radius 1 is 0.500 bits per heavy atom. The Balaban J connectivity index is 3.09. The van der Waals surface area contributed by atoms with E-state index in [1.165, 1.54) is 122 Å². The van der Waals surface area contributed by atoms with Crippen molar-refractivity contribution >= 4 is 0 Å². The molecule has 0 bridgehead atoms. The van der Waals surface area contributed by atoms with Gasteiger partial charge in [0.05, 0.1) is 6.04 Å². The number of unbranched alkanes of at least 4 members (excludes halogenated alkanes) is 19. The van der Waals surface area contributed by atoms with Crippen LogP contribution in [0.25, 0.3) is 0 Å². The second-order valence-electron chi connectivity index (χ2n) is 8.81. The van der Waals surface area contributed by atoms with Crippen LogP contribution in [0.4, 0.5) is 0 Å². The van der Waals surface area contributed by atoms with E-state index in [1.54, 1.807) is 7.05 Å². The van der Waals surface area contributed by atoms with Crippen molar-refractivity contribution in [2.45, 2.75) is 154 Å². The predicted molar refractivity (Wildman–Crippen MR) is 124 cm³/mol. The molecule has 0 aliphatic carbocycles. The summed E-state index contributed by atoms with van der Waals surface area (Å²) < 4.78 is 0. The highest BCUT2D eigenvalue weighted by molar-refractivity contribution is 4.65. The zero-order valence-corrected chi connectivity index (χ0v) is 19.4. The first-order chi connectivity index (χ1) is 13.7. The van der Waals surface area contributed by atoms with Crippen LogP contribution in [0, 0.1) is 0 Å². The van der Waals surface area contributed by atoms with Gasteiger partial charge in [-0.2, -0.15) is 0 Å². The highest BCUT2D eigenvalue weighted by Crippen LogP contribution is 2.15. The van der Waals surface area contributed by atoms with Gasteiger partial charge in [-0.15, -0.1) is 0 Å². The van der Waals surface area contributed by atoms with E-state index >= 15 is 0 Å². The summed E-state index contributed by atoms with van der Waals surface area (Å²) in [4.78, 5) is 0. The first kappa shape index (κ1) is 27.9. The molecule has 0 saturated carbocycles. The molecular formula is C25H53NO2. The monoisotopic (exact) mass is 399 g/mol. The van der Waals surface area contributed by atoms with E-state index in [4.69, 9.17) is 10.2 Å². The van der Waals surface area contributed by atoms with Crippen molar-refractivity contribution in [3.05, 3.63) is 0 Å². The minimum atomic E-state index is -1.23. The molecule has 0 radical (unpaired) electrons. The molecule has 0 aromatic carbocycles. The van der Waals surface area contributed by atoms with E-state index in [0.717, 1.165) is 12.8 Å². The van der Waals surface area contributed by atoms with E-state index in [-0.39, 0.29) is 6.04 Å². The topological polar surface area (TPSA) is 52.5 Å². The number of rotatable bonds is 23. The average molecular weight is 400 g/mol. The fourth-order valence-corrected chi connectivity index (χ4v) is 4.06. The van der Waals surface area contributed by atoms with Crippen molar-refractivity contribution < 1.29 is 10.2 Å². The van der Waals surface area contributed by atoms with E-state index in [2.05, 4.69) is 12.2 Å². The van der Waals surface area contributed by atoms with Crippen molar-refractivity contribution in [3.8, 4) is 0 Å². The highest BCUT2D eigenvalue weighted by Gasteiger charge is 2.12. The molecule has 1 atom stereocenters. The summed E-state index contributed by atoms with van der Waals surface area (Å²) in [6.07, 6.45) is 27.5. The van der Waals surface area contributed by atoms with Crippen LogP contribution in [-0.4, -0.2) is 29.6 Å². The van der Waals surface area contributed by atoms with Gasteiger partial charge in [0.15, 0.2) is 6.29 Å². The third kappa shape index (κ3) is 20.6. The molecule has 0 aliphatic rings. The third-order valence-electron chi connectivity index (χ3n) is 6.10.